The highest BCUT2D eigenvalue weighted by atomic mass is 16.7. The Morgan fingerprint density at radius 2 is 1.25 bits per heavy atom. The van der Waals surface area contributed by atoms with E-state index in [0.717, 1.165) is 16.7 Å². The lowest BCUT2D eigenvalue weighted by atomic mass is 9.96. The van der Waals surface area contributed by atoms with Crippen molar-refractivity contribution in [2.45, 2.75) is 57.4 Å². The van der Waals surface area contributed by atoms with Gasteiger partial charge in [-0.05, 0) is 16.7 Å². The molecule has 3 aromatic rings. The summed E-state index contributed by atoms with van der Waals surface area (Å²) in [5.41, 5.74) is 2.99. The number of aliphatic hydroxyl groups excluding tert-OH is 1. The van der Waals surface area contributed by atoms with E-state index in [0.29, 0.717) is 13.2 Å². The molecule has 1 saturated heterocycles. The van der Waals surface area contributed by atoms with Crippen LogP contribution in [0.5, 0.6) is 0 Å². The second kappa shape index (κ2) is 13.3. The van der Waals surface area contributed by atoms with Crippen molar-refractivity contribution in [2.24, 2.45) is 0 Å². The molecule has 3 unspecified atom stereocenters. The van der Waals surface area contributed by atoms with Gasteiger partial charge in [0.15, 0.2) is 6.29 Å². The van der Waals surface area contributed by atoms with Crippen molar-refractivity contribution < 1.29 is 28.8 Å². The molecule has 4 rings (SSSR count). The van der Waals surface area contributed by atoms with E-state index < -0.39 is 30.6 Å². The monoisotopic (exact) mass is 491 g/mol. The van der Waals surface area contributed by atoms with Crippen LogP contribution in [0.15, 0.2) is 91.0 Å². The van der Waals surface area contributed by atoms with Crippen LogP contribution in [0.25, 0.3) is 0 Å². The Bertz CT molecular complexity index is 1050. The molecule has 0 aliphatic carbocycles. The van der Waals surface area contributed by atoms with Gasteiger partial charge in [0.1, 0.15) is 24.4 Å². The number of hydrogen-bond acceptors (Lipinski definition) is 6. The van der Waals surface area contributed by atoms with Crippen LogP contribution in [-0.2, 0) is 43.6 Å². The average Bonchev–Trinajstić information content (AvgIpc) is 2.90. The minimum Gasteiger partial charge on any atom is -0.374 e. The molecule has 0 aromatic heterocycles. The Hall–Kier alpha value is -3.07. The van der Waals surface area contributed by atoms with Gasteiger partial charge in [-0.1, -0.05) is 91.0 Å². The Kier molecular flexibility index (Phi) is 9.61. The fourth-order valence-corrected chi connectivity index (χ4v) is 4.24. The van der Waals surface area contributed by atoms with Gasteiger partial charge >= 0.3 is 0 Å². The first-order valence-electron chi connectivity index (χ1n) is 12.1. The maximum Gasteiger partial charge on any atom is 0.217 e. The van der Waals surface area contributed by atoms with Gasteiger partial charge < -0.3 is 29.4 Å². The van der Waals surface area contributed by atoms with E-state index in [2.05, 4.69) is 5.32 Å². The average molecular weight is 492 g/mol. The molecular formula is C29H33NO6. The smallest absolute Gasteiger partial charge is 0.217 e. The minimum absolute atomic E-state index is 0.184. The molecular weight excluding hydrogens is 458 g/mol. The number of nitrogens with one attached hydrogen (secondary N) is 1. The van der Waals surface area contributed by atoms with Crippen molar-refractivity contribution >= 4 is 5.91 Å². The van der Waals surface area contributed by atoms with Crippen molar-refractivity contribution in [1.29, 1.82) is 0 Å². The minimum atomic E-state index is -1.28. The first-order chi connectivity index (χ1) is 17.6. The van der Waals surface area contributed by atoms with E-state index in [1.807, 2.05) is 91.0 Å². The summed E-state index contributed by atoms with van der Waals surface area (Å²) < 4.78 is 24.6. The van der Waals surface area contributed by atoms with Crippen molar-refractivity contribution in [3.63, 3.8) is 0 Å². The highest BCUT2D eigenvalue weighted by Gasteiger charge is 2.47. The van der Waals surface area contributed by atoms with E-state index in [4.69, 9.17) is 18.9 Å². The normalized spacial score (nSPS) is 23.8. The van der Waals surface area contributed by atoms with Crippen molar-refractivity contribution in [3.8, 4) is 0 Å². The van der Waals surface area contributed by atoms with Gasteiger partial charge in [0.25, 0.3) is 0 Å². The quantitative estimate of drug-likeness (QED) is 0.426. The lowest BCUT2D eigenvalue weighted by Crippen LogP contribution is -2.65. The topological polar surface area (TPSA) is 86.3 Å². The van der Waals surface area contributed by atoms with Gasteiger partial charge in [-0.15, -0.1) is 0 Å². The number of hydrogen-bond donors (Lipinski definition) is 2. The zero-order valence-electron chi connectivity index (χ0n) is 20.4. The molecule has 0 spiro atoms. The molecule has 1 amide bonds. The summed E-state index contributed by atoms with van der Waals surface area (Å²) in [6.45, 7) is 2.58. The largest absolute Gasteiger partial charge is 0.374 e. The number of benzene rings is 3. The van der Waals surface area contributed by atoms with E-state index in [9.17, 15) is 9.90 Å². The van der Waals surface area contributed by atoms with Crippen LogP contribution in [0.4, 0.5) is 0 Å². The van der Waals surface area contributed by atoms with Crippen LogP contribution in [-0.4, -0.2) is 48.3 Å². The molecule has 36 heavy (non-hydrogen) atoms. The molecule has 2 N–H and O–H groups in total. The van der Waals surface area contributed by atoms with Crippen LogP contribution in [0, 0.1) is 0 Å². The van der Waals surface area contributed by atoms with Crippen molar-refractivity contribution in [1.82, 2.24) is 5.32 Å². The van der Waals surface area contributed by atoms with E-state index in [-0.39, 0.29) is 19.1 Å². The van der Waals surface area contributed by atoms with Gasteiger partial charge in [-0.2, -0.15) is 0 Å². The summed E-state index contributed by atoms with van der Waals surface area (Å²) >= 11 is 0. The standard InChI is InChI=1S/C29H33NO6/c1-21(31)30-26-28(35-19-24-15-9-4-10-16-24)27(34-18-23-13-7-3-8-14-23)25(36-29(26)32)20-33-17-22-11-5-2-6-12-22/h2-16,25-29,32H,17-20H2,1H3,(H,30,31)/t25?,26?,27-,28?,29-/m1/s1. The number of amides is 1. The fourth-order valence-electron chi connectivity index (χ4n) is 4.24. The molecule has 3 aromatic carbocycles. The van der Waals surface area contributed by atoms with Gasteiger partial charge in [0.05, 0.1) is 26.4 Å². The van der Waals surface area contributed by atoms with Gasteiger partial charge in [-0.25, -0.2) is 0 Å². The second-order valence-corrected chi connectivity index (χ2v) is 8.81. The summed E-state index contributed by atoms with van der Waals surface area (Å²) in [6, 6.07) is 28.6. The van der Waals surface area contributed by atoms with Gasteiger partial charge in [-0.3, -0.25) is 4.79 Å². The number of ether oxygens (including phenoxy) is 4. The van der Waals surface area contributed by atoms with Crippen LogP contribution in [0.3, 0.4) is 0 Å². The molecule has 7 heteroatoms. The molecule has 5 atom stereocenters. The van der Waals surface area contributed by atoms with Crippen LogP contribution >= 0.6 is 0 Å². The summed E-state index contributed by atoms with van der Waals surface area (Å²) in [5.74, 6) is -0.295. The van der Waals surface area contributed by atoms with E-state index in [1.54, 1.807) is 0 Å². The van der Waals surface area contributed by atoms with E-state index in [1.165, 1.54) is 6.92 Å². The second-order valence-electron chi connectivity index (χ2n) is 8.81. The first kappa shape index (κ1) is 26.0. The lowest BCUT2D eigenvalue weighted by Gasteiger charge is -2.44. The molecule has 0 bridgehead atoms. The Balaban J connectivity index is 1.53. The van der Waals surface area contributed by atoms with Gasteiger partial charge in [0, 0.05) is 6.92 Å². The highest BCUT2D eigenvalue weighted by molar-refractivity contribution is 5.73. The number of carbonyl (C=O) groups is 1. The summed E-state index contributed by atoms with van der Waals surface area (Å²) in [5, 5.41) is 13.6. The molecule has 1 aliphatic rings. The van der Waals surface area contributed by atoms with Crippen molar-refractivity contribution in [3.05, 3.63) is 108 Å². The fraction of sp³-hybridized carbons (Fsp3) is 0.345. The maximum atomic E-state index is 12.0. The van der Waals surface area contributed by atoms with Crippen LogP contribution < -0.4 is 5.32 Å². The van der Waals surface area contributed by atoms with E-state index >= 15 is 0 Å². The molecule has 7 nitrogen and oxygen atoms in total. The van der Waals surface area contributed by atoms with Crippen LogP contribution in [0.2, 0.25) is 0 Å². The van der Waals surface area contributed by atoms with Gasteiger partial charge in [0.2, 0.25) is 5.91 Å². The molecule has 0 radical (unpaired) electrons. The van der Waals surface area contributed by atoms with Crippen molar-refractivity contribution in [2.75, 3.05) is 6.61 Å². The Labute approximate surface area is 212 Å². The molecule has 1 heterocycles. The summed E-state index contributed by atoms with van der Waals surface area (Å²) in [7, 11) is 0. The number of carbonyl (C=O) groups excluding carboxylic acids is 1. The summed E-state index contributed by atoms with van der Waals surface area (Å²) in [4.78, 5) is 12.0. The SMILES string of the molecule is CC(=O)NC1C(OCc2ccccc2)[C@H](OCc2ccccc2)C(COCc2ccccc2)O[C@H]1O. The molecule has 1 aliphatic heterocycles. The third-order valence-corrected chi connectivity index (χ3v) is 6.00. The molecule has 0 saturated carbocycles. The zero-order valence-corrected chi connectivity index (χ0v) is 20.4. The molecule has 1 fully saturated rings. The lowest BCUT2D eigenvalue weighted by molar-refractivity contribution is -0.277. The number of aliphatic hydroxyl groups is 1. The molecule has 190 valence electrons. The third-order valence-electron chi connectivity index (χ3n) is 6.00. The Morgan fingerprint density at radius 1 is 0.778 bits per heavy atom. The predicted molar refractivity (Wildman–Crippen MR) is 135 cm³/mol. The highest BCUT2D eigenvalue weighted by Crippen LogP contribution is 2.27. The number of rotatable bonds is 11. The van der Waals surface area contributed by atoms with Crippen LogP contribution in [0.1, 0.15) is 23.6 Å². The third kappa shape index (κ3) is 7.46. The Morgan fingerprint density at radius 3 is 1.75 bits per heavy atom. The predicted octanol–water partition coefficient (Wildman–Crippen LogP) is 3.60. The maximum absolute atomic E-state index is 12.0. The first-order valence-corrected chi connectivity index (χ1v) is 12.1. The summed E-state index contributed by atoms with van der Waals surface area (Å²) in [6.07, 6.45) is -3.17. The zero-order chi connectivity index (χ0) is 25.2.